The van der Waals surface area contributed by atoms with Crippen LogP contribution in [0.1, 0.15) is 5.56 Å². The number of nitrogens with zero attached hydrogens (tertiary/aromatic N) is 7. The van der Waals surface area contributed by atoms with Crippen LogP contribution in [-0.2, 0) is 32.0 Å². The van der Waals surface area contributed by atoms with Crippen LogP contribution in [0.15, 0.2) is 52.6 Å². The van der Waals surface area contributed by atoms with Crippen LogP contribution in [-0.4, -0.2) is 48.8 Å². The number of amides is 1. The quantitative estimate of drug-likeness (QED) is 0.317. The first-order valence-electron chi connectivity index (χ1n) is 11.2. The Morgan fingerprint density at radius 2 is 1.84 bits per heavy atom. The summed E-state index contributed by atoms with van der Waals surface area (Å²) in [6.45, 7) is -0.00530. The Hall–Kier alpha value is -4.52. The molecule has 0 aliphatic heterocycles. The first kappa shape index (κ1) is 24.2. The van der Waals surface area contributed by atoms with Crippen LogP contribution in [0.2, 0.25) is 0 Å². The van der Waals surface area contributed by atoms with E-state index in [1.165, 1.54) is 45.8 Å². The lowest BCUT2D eigenvalue weighted by Gasteiger charge is -2.20. The summed E-state index contributed by atoms with van der Waals surface area (Å²) in [7, 11) is 6.04. The number of methoxy groups -OCH3 is 2. The number of carbonyl (C=O) groups excluding carboxylic acids is 1. The first-order valence-corrected chi connectivity index (χ1v) is 12.0. The molecule has 4 heterocycles. The second kappa shape index (κ2) is 9.50. The molecule has 5 aromatic rings. The molecule has 1 aromatic carbocycles. The van der Waals surface area contributed by atoms with E-state index in [0.29, 0.717) is 22.1 Å². The number of aryl methyl sites for hydroxylation is 1. The van der Waals surface area contributed by atoms with Gasteiger partial charge in [0.1, 0.15) is 28.3 Å². The highest BCUT2D eigenvalue weighted by atomic mass is 32.1. The smallest absolute Gasteiger partial charge is 0.332 e. The van der Waals surface area contributed by atoms with Crippen molar-refractivity contribution in [2.45, 2.75) is 13.1 Å². The Morgan fingerprint density at radius 1 is 1.08 bits per heavy atom. The Kier molecular flexibility index (Phi) is 6.21. The molecule has 190 valence electrons. The summed E-state index contributed by atoms with van der Waals surface area (Å²) in [5.74, 6) is 0.825. The van der Waals surface area contributed by atoms with Gasteiger partial charge in [-0.1, -0.05) is 17.4 Å². The maximum Gasteiger partial charge on any atom is 0.332 e. The zero-order chi connectivity index (χ0) is 26.3. The number of ether oxygens (including phenoxy) is 2. The Bertz CT molecular complexity index is 1710. The van der Waals surface area contributed by atoms with E-state index in [-0.39, 0.29) is 30.2 Å². The van der Waals surface area contributed by atoms with E-state index in [9.17, 15) is 14.4 Å². The molecule has 0 saturated carbocycles. The van der Waals surface area contributed by atoms with Crippen molar-refractivity contribution in [2.75, 3.05) is 19.1 Å². The van der Waals surface area contributed by atoms with E-state index in [1.54, 1.807) is 44.8 Å². The SMILES string of the molecule is COc1ccc(OC)c2sc(N(Cc3cccnc3)C(=O)Cn3cnc4c3c(=O)n(C)c(=O)n4C)nc12. The van der Waals surface area contributed by atoms with Crippen LogP contribution in [0.3, 0.4) is 0 Å². The fourth-order valence-electron chi connectivity index (χ4n) is 4.07. The fraction of sp³-hybridized carbons (Fsp3) is 0.250. The molecule has 0 aliphatic carbocycles. The molecule has 0 aliphatic rings. The molecule has 1 amide bonds. The number of rotatable bonds is 7. The molecule has 0 radical (unpaired) electrons. The van der Waals surface area contributed by atoms with Gasteiger partial charge in [0, 0.05) is 26.5 Å². The van der Waals surface area contributed by atoms with Gasteiger partial charge in [0.05, 0.1) is 27.1 Å². The van der Waals surface area contributed by atoms with Crippen molar-refractivity contribution in [1.29, 1.82) is 0 Å². The van der Waals surface area contributed by atoms with Crippen molar-refractivity contribution in [1.82, 2.24) is 28.7 Å². The fourth-order valence-corrected chi connectivity index (χ4v) is 5.17. The molecule has 13 heteroatoms. The predicted octanol–water partition coefficient (Wildman–Crippen LogP) is 1.69. The topological polar surface area (TPSA) is 126 Å². The minimum Gasteiger partial charge on any atom is -0.495 e. The molecular formula is C24H23N7O5S. The molecule has 12 nitrogen and oxygen atoms in total. The lowest BCUT2D eigenvalue weighted by atomic mass is 10.2. The summed E-state index contributed by atoms with van der Waals surface area (Å²) in [5.41, 5.74) is 0.702. The molecule has 0 saturated heterocycles. The van der Waals surface area contributed by atoms with E-state index < -0.39 is 11.2 Å². The lowest BCUT2D eigenvalue weighted by molar-refractivity contribution is -0.119. The number of fused-ring (bicyclic) bond motifs is 2. The van der Waals surface area contributed by atoms with Gasteiger partial charge in [0.25, 0.3) is 5.56 Å². The Labute approximate surface area is 214 Å². The van der Waals surface area contributed by atoms with Gasteiger partial charge in [0.15, 0.2) is 16.3 Å². The van der Waals surface area contributed by atoms with Crippen LogP contribution in [0.25, 0.3) is 21.4 Å². The minimum absolute atomic E-state index is 0.159. The zero-order valence-electron chi connectivity index (χ0n) is 20.5. The predicted molar refractivity (Wildman–Crippen MR) is 138 cm³/mol. The molecule has 5 rings (SSSR count). The summed E-state index contributed by atoms with van der Waals surface area (Å²) < 4.78 is 15.4. The van der Waals surface area contributed by atoms with Crippen LogP contribution in [0.5, 0.6) is 11.5 Å². The molecule has 0 atom stereocenters. The molecule has 0 spiro atoms. The number of hydrogen-bond acceptors (Lipinski definition) is 9. The minimum atomic E-state index is -0.531. The van der Waals surface area contributed by atoms with Crippen LogP contribution in [0, 0.1) is 0 Å². The molecule has 0 N–H and O–H groups in total. The number of pyridine rings is 1. The van der Waals surface area contributed by atoms with Gasteiger partial charge in [-0.05, 0) is 23.8 Å². The average molecular weight is 522 g/mol. The third kappa shape index (κ3) is 4.12. The number of hydrogen-bond donors (Lipinski definition) is 0. The van der Waals surface area contributed by atoms with Crippen molar-refractivity contribution in [3.8, 4) is 11.5 Å². The zero-order valence-corrected chi connectivity index (χ0v) is 21.4. The van der Waals surface area contributed by atoms with E-state index in [2.05, 4.69) is 9.97 Å². The highest BCUT2D eigenvalue weighted by molar-refractivity contribution is 7.22. The van der Waals surface area contributed by atoms with Crippen LogP contribution < -0.4 is 25.6 Å². The van der Waals surface area contributed by atoms with Gasteiger partial charge >= 0.3 is 5.69 Å². The first-order chi connectivity index (χ1) is 17.8. The Balaban J connectivity index is 1.61. The van der Waals surface area contributed by atoms with Gasteiger partial charge in [-0.15, -0.1) is 0 Å². The molecule has 0 unspecified atom stereocenters. The van der Waals surface area contributed by atoms with Crippen molar-refractivity contribution < 1.29 is 14.3 Å². The highest BCUT2D eigenvalue weighted by Gasteiger charge is 2.25. The number of aromatic nitrogens is 6. The summed E-state index contributed by atoms with van der Waals surface area (Å²) in [6, 6.07) is 7.19. The summed E-state index contributed by atoms with van der Waals surface area (Å²) >= 11 is 1.29. The van der Waals surface area contributed by atoms with Gasteiger partial charge in [-0.25, -0.2) is 14.8 Å². The molecule has 4 aromatic heterocycles. The molecule has 0 bridgehead atoms. The van der Waals surface area contributed by atoms with Gasteiger partial charge in [0.2, 0.25) is 5.91 Å². The molecular weight excluding hydrogens is 498 g/mol. The monoisotopic (exact) mass is 521 g/mol. The van der Waals surface area contributed by atoms with Gasteiger partial charge < -0.3 is 14.0 Å². The maximum atomic E-state index is 13.8. The van der Waals surface area contributed by atoms with E-state index in [4.69, 9.17) is 14.5 Å². The lowest BCUT2D eigenvalue weighted by Crippen LogP contribution is -2.38. The second-order valence-electron chi connectivity index (χ2n) is 8.24. The van der Waals surface area contributed by atoms with E-state index in [0.717, 1.165) is 14.8 Å². The van der Waals surface area contributed by atoms with Crippen molar-refractivity contribution in [2.24, 2.45) is 14.1 Å². The third-order valence-electron chi connectivity index (χ3n) is 6.02. The average Bonchev–Trinajstić information content (AvgIpc) is 3.54. The largest absolute Gasteiger partial charge is 0.495 e. The third-order valence-corrected chi connectivity index (χ3v) is 7.11. The normalized spacial score (nSPS) is 11.2. The molecule has 0 fully saturated rings. The van der Waals surface area contributed by atoms with Gasteiger partial charge in [-0.3, -0.25) is 28.6 Å². The number of benzene rings is 1. The van der Waals surface area contributed by atoms with Gasteiger partial charge in [-0.2, -0.15) is 0 Å². The summed E-state index contributed by atoms with van der Waals surface area (Å²) in [6.07, 6.45) is 4.71. The van der Waals surface area contributed by atoms with Crippen molar-refractivity contribution in [3.63, 3.8) is 0 Å². The molecule has 37 heavy (non-hydrogen) atoms. The van der Waals surface area contributed by atoms with E-state index in [1.807, 2.05) is 6.07 Å². The van der Waals surface area contributed by atoms with Crippen LogP contribution >= 0.6 is 11.3 Å². The standard InChI is InChI=1S/C24H23N7O5S/c1-28-21-19(22(33)29(2)24(28)34)30(13-26-21)12-17(32)31(11-14-6-5-9-25-10-14)23-27-18-15(35-3)7-8-16(36-4)20(18)37-23/h5-10,13H,11-12H2,1-4H3. The number of anilines is 1. The van der Waals surface area contributed by atoms with Crippen molar-refractivity contribution in [3.05, 3.63) is 69.4 Å². The number of imidazole rings is 1. The maximum absolute atomic E-state index is 13.8. The van der Waals surface area contributed by atoms with E-state index >= 15 is 0 Å². The Morgan fingerprint density at radius 3 is 2.54 bits per heavy atom. The highest BCUT2D eigenvalue weighted by Crippen LogP contribution is 2.40. The van der Waals surface area contributed by atoms with Crippen molar-refractivity contribution >= 4 is 43.8 Å². The summed E-state index contributed by atoms with van der Waals surface area (Å²) in [5, 5.41) is 0.427. The number of carbonyl (C=O) groups is 1. The summed E-state index contributed by atoms with van der Waals surface area (Å²) in [4.78, 5) is 53.6. The number of thiazole rings is 1. The second-order valence-corrected chi connectivity index (χ2v) is 9.21. The van der Waals surface area contributed by atoms with Crippen LogP contribution in [0.4, 0.5) is 5.13 Å².